The molecule has 0 aliphatic heterocycles. The molecule has 0 saturated heterocycles. The van der Waals surface area contributed by atoms with E-state index in [4.69, 9.17) is 15.9 Å². The van der Waals surface area contributed by atoms with Gasteiger partial charge in [-0.25, -0.2) is 4.31 Å². The van der Waals surface area contributed by atoms with Gasteiger partial charge in [-0.3, -0.25) is 0 Å². The van der Waals surface area contributed by atoms with E-state index in [-0.39, 0.29) is 19.4 Å². The quantitative estimate of drug-likeness (QED) is 0.354. The van der Waals surface area contributed by atoms with Crippen LogP contribution in [0.4, 0.5) is 0 Å². The van der Waals surface area contributed by atoms with E-state index in [1.165, 1.54) is 11.9 Å². The third-order valence-corrected chi connectivity index (χ3v) is 1.94. The number of hydrogen-bond donors (Lipinski definition) is 4. The van der Waals surface area contributed by atoms with Crippen LogP contribution in [-0.4, -0.2) is 45.1 Å². The normalized spacial score (nSPS) is 9.58. The standard InChI is InChI=1S/C5H12N2O2S2.H3N/c6-5(10)11-7(1-3-8)2-4-9;/h8-9H,1-4H2,(H2,6,10);1H3. The lowest BCUT2D eigenvalue weighted by atomic mass is 10.6. The third-order valence-electron chi connectivity index (χ3n) is 0.918. The number of aliphatic hydroxyl groups is 2. The van der Waals surface area contributed by atoms with Crippen molar-refractivity contribution in [2.45, 2.75) is 0 Å². The molecule has 0 heterocycles. The van der Waals surface area contributed by atoms with Crippen molar-refractivity contribution in [1.82, 2.24) is 10.5 Å². The molecule has 0 aromatic rings. The minimum Gasteiger partial charge on any atom is -0.395 e. The highest BCUT2D eigenvalue weighted by molar-refractivity contribution is 8.21. The van der Waals surface area contributed by atoms with Crippen LogP contribution < -0.4 is 11.9 Å². The van der Waals surface area contributed by atoms with Crippen molar-refractivity contribution in [3.8, 4) is 0 Å². The minimum absolute atomic E-state index is 0. The van der Waals surface area contributed by atoms with Crippen LogP contribution in [0.2, 0.25) is 0 Å². The summed E-state index contributed by atoms with van der Waals surface area (Å²) in [6.45, 7) is 0.996. The molecule has 0 rings (SSSR count). The molecule has 5 nitrogen and oxygen atoms in total. The summed E-state index contributed by atoms with van der Waals surface area (Å²) in [5, 5.41) is 17.1. The molecule has 0 aliphatic carbocycles. The van der Waals surface area contributed by atoms with Crippen molar-refractivity contribution < 1.29 is 10.2 Å². The van der Waals surface area contributed by atoms with Crippen LogP contribution in [0.15, 0.2) is 0 Å². The summed E-state index contributed by atoms with van der Waals surface area (Å²) in [6.07, 6.45) is 0. The summed E-state index contributed by atoms with van der Waals surface area (Å²) in [5.74, 6) is 0. The van der Waals surface area contributed by atoms with Gasteiger partial charge in [-0.05, 0) is 11.9 Å². The van der Waals surface area contributed by atoms with Crippen LogP contribution in [0.3, 0.4) is 0 Å². The van der Waals surface area contributed by atoms with Gasteiger partial charge in [-0.15, -0.1) is 0 Å². The molecule has 0 aliphatic rings. The molecule has 0 unspecified atom stereocenters. The first kappa shape index (κ1) is 14.6. The molecule has 12 heavy (non-hydrogen) atoms. The third kappa shape index (κ3) is 8.18. The maximum atomic E-state index is 8.56. The molecule has 0 fully saturated rings. The van der Waals surface area contributed by atoms with Crippen molar-refractivity contribution in [2.75, 3.05) is 26.3 Å². The van der Waals surface area contributed by atoms with E-state index in [0.29, 0.717) is 17.4 Å². The van der Waals surface area contributed by atoms with Gasteiger partial charge < -0.3 is 22.1 Å². The molecule has 0 saturated carbocycles. The Balaban J connectivity index is 0. The molecule has 0 aromatic carbocycles. The Hall–Kier alpha value is 0.0800. The lowest BCUT2D eigenvalue weighted by Crippen LogP contribution is -2.26. The fraction of sp³-hybridized carbons (Fsp3) is 0.800. The van der Waals surface area contributed by atoms with Crippen molar-refractivity contribution in [3.63, 3.8) is 0 Å². The summed E-state index contributed by atoms with van der Waals surface area (Å²) in [6, 6.07) is 0. The topological polar surface area (TPSA) is 105 Å². The van der Waals surface area contributed by atoms with Crippen LogP contribution in [0, 0.1) is 0 Å². The van der Waals surface area contributed by atoms with E-state index < -0.39 is 0 Å². The Morgan fingerprint density at radius 3 is 2.00 bits per heavy atom. The van der Waals surface area contributed by atoms with E-state index in [0.717, 1.165) is 0 Å². The maximum absolute atomic E-state index is 8.56. The number of nitrogens with zero attached hydrogens (tertiary/aromatic N) is 1. The number of hydrogen-bond acceptors (Lipinski definition) is 6. The molecule has 0 amide bonds. The van der Waals surface area contributed by atoms with E-state index in [9.17, 15) is 0 Å². The van der Waals surface area contributed by atoms with Crippen molar-refractivity contribution in [1.29, 1.82) is 0 Å². The van der Waals surface area contributed by atoms with Gasteiger partial charge >= 0.3 is 0 Å². The van der Waals surface area contributed by atoms with Crippen LogP contribution in [0.5, 0.6) is 0 Å². The van der Waals surface area contributed by atoms with E-state index in [2.05, 4.69) is 12.2 Å². The number of nitrogens with two attached hydrogens (primary N) is 1. The van der Waals surface area contributed by atoms with E-state index in [1.807, 2.05) is 0 Å². The Morgan fingerprint density at radius 2 is 1.75 bits per heavy atom. The van der Waals surface area contributed by atoms with Crippen LogP contribution in [0.25, 0.3) is 0 Å². The zero-order chi connectivity index (χ0) is 8.69. The number of thiocarbonyl (C=S) groups is 1. The Bertz CT molecular complexity index is 119. The predicted octanol–water partition coefficient (Wildman–Crippen LogP) is -0.673. The number of rotatable bonds is 5. The Kier molecular flexibility index (Phi) is 11.2. The summed E-state index contributed by atoms with van der Waals surface area (Å²) in [7, 11) is 0. The molecule has 7 N–H and O–H groups in total. The molecule has 0 bridgehead atoms. The fourth-order valence-corrected chi connectivity index (χ4v) is 1.47. The Morgan fingerprint density at radius 1 is 1.33 bits per heavy atom. The molecule has 0 spiro atoms. The largest absolute Gasteiger partial charge is 0.395 e. The van der Waals surface area contributed by atoms with Crippen LogP contribution in [-0.2, 0) is 0 Å². The summed E-state index contributed by atoms with van der Waals surface area (Å²) in [5.41, 5.74) is 5.24. The number of aliphatic hydroxyl groups excluding tert-OH is 2. The van der Waals surface area contributed by atoms with Gasteiger partial charge in [0, 0.05) is 13.1 Å². The average Bonchev–Trinajstić information content (AvgIpc) is 1.87. The van der Waals surface area contributed by atoms with Crippen molar-refractivity contribution >= 4 is 28.5 Å². The predicted molar refractivity (Wildman–Crippen MR) is 55.1 cm³/mol. The zero-order valence-electron chi connectivity index (χ0n) is 6.77. The molecular formula is C5H15N3O2S2. The lowest BCUT2D eigenvalue weighted by molar-refractivity contribution is 0.227. The van der Waals surface area contributed by atoms with Crippen LogP contribution >= 0.6 is 24.2 Å². The smallest absolute Gasteiger partial charge is 0.146 e. The van der Waals surface area contributed by atoms with Gasteiger partial charge in [-0.1, -0.05) is 12.2 Å². The second-order valence-electron chi connectivity index (χ2n) is 1.79. The highest BCUT2D eigenvalue weighted by Crippen LogP contribution is 2.07. The zero-order valence-corrected chi connectivity index (χ0v) is 8.40. The first-order valence-electron chi connectivity index (χ1n) is 3.14. The van der Waals surface area contributed by atoms with Gasteiger partial charge in [0.15, 0.2) is 0 Å². The highest BCUT2D eigenvalue weighted by Gasteiger charge is 2.04. The maximum Gasteiger partial charge on any atom is 0.146 e. The monoisotopic (exact) mass is 213 g/mol. The minimum atomic E-state index is 0. The van der Waals surface area contributed by atoms with Gasteiger partial charge in [0.05, 0.1) is 13.2 Å². The lowest BCUT2D eigenvalue weighted by Gasteiger charge is -2.16. The summed E-state index contributed by atoms with van der Waals surface area (Å²) in [4.78, 5) is 0. The van der Waals surface area contributed by atoms with Gasteiger partial charge in [0.2, 0.25) is 0 Å². The molecule has 0 atom stereocenters. The summed E-state index contributed by atoms with van der Waals surface area (Å²) >= 11 is 5.81. The summed E-state index contributed by atoms with van der Waals surface area (Å²) < 4.78 is 2.01. The van der Waals surface area contributed by atoms with Gasteiger partial charge in [-0.2, -0.15) is 0 Å². The molecule has 0 radical (unpaired) electrons. The van der Waals surface area contributed by atoms with Crippen LogP contribution in [0.1, 0.15) is 0 Å². The SMILES string of the molecule is N.NC(=S)SN(CCO)CCO. The molecule has 0 aromatic heterocycles. The highest BCUT2D eigenvalue weighted by atomic mass is 32.2. The van der Waals surface area contributed by atoms with E-state index in [1.54, 1.807) is 4.31 Å². The average molecular weight is 213 g/mol. The van der Waals surface area contributed by atoms with Crippen molar-refractivity contribution in [3.05, 3.63) is 0 Å². The van der Waals surface area contributed by atoms with Gasteiger partial charge in [0.25, 0.3) is 0 Å². The van der Waals surface area contributed by atoms with E-state index >= 15 is 0 Å². The second kappa shape index (κ2) is 9.17. The molecule has 74 valence electrons. The van der Waals surface area contributed by atoms with Crippen molar-refractivity contribution in [2.24, 2.45) is 5.73 Å². The van der Waals surface area contributed by atoms with Gasteiger partial charge in [0.1, 0.15) is 4.32 Å². The second-order valence-corrected chi connectivity index (χ2v) is 3.62. The Labute approximate surface area is 81.6 Å². The fourth-order valence-electron chi connectivity index (χ4n) is 0.553. The molecular weight excluding hydrogens is 198 g/mol. The first-order valence-corrected chi connectivity index (χ1v) is 4.33. The molecule has 7 heteroatoms. The first-order chi connectivity index (χ1) is 5.20.